The molecule has 0 heterocycles. The van der Waals surface area contributed by atoms with E-state index >= 15 is 0 Å². The molecule has 0 saturated heterocycles. The molecule has 0 saturated carbocycles. The van der Waals surface area contributed by atoms with Crippen LogP contribution in [0.15, 0.2) is 109 Å². The van der Waals surface area contributed by atoms with Crippen LogP contribution in [-0.2, 0) is 41.8 Å². The van der Waals surface area contributed by atoms with E-state index in [1.54, 1.807) is 45.0 Å². The molecule has 0 aliphatic heterocycles. The highest BCUT2D eigenvalue weighted by atomic mass is 16.6. The van der Waals surface area contributed by atoms with E-state index < -0.39 is 36.1 Å². The van der Waals surface area contributed by atoms with Crippen LogP contribution in [0.4, 0.5) is 0 Å². The minimum absolute atomic E-state index is 0.129. The molecule has 4 aromatic carbocycles. The number of benzene rings is 4. The molecule has 0 aromatic heterocycles. The first-order valence-electron chi connectivity index (χ1n) is 15.5. The highest BCUT2D eigenvalue weighted by Gasteiger charge is 2.16. The normalized spacial score (nSPS) is 11.1. The van der Waals surface area contributed by atoms with Gasteiger partial charge in [0.05, 0.1) is 24.3 Å². The van der Waals surface area contributed by atoms with Crippen LogP contribution >= 0.6 is 0 Å². The SMILES string of the molecule is CCOC(=O)[C@@H](C)Oc1ccc(C(=O)OCc2ccccc2)cc1.CCOC(=O)[C@H](C)O.O=C(OCc1ccccc1)c1ccc(O)cc1. The van der Waals surface area contributed by atoms with Crippen molar-refractivity contribution in [2.24, 2.45) is 0 Å². The third-order valence-corrected chi connectivity index (χ3v) is 6.18. The minimum atomic E-state index is -0.991. The van der Waals surface area contributed by atoms with Gasteiger partial charge in [0.25, 0.3) is 0 Å². The number of carbonyl (C=O) groups is 4. The molecule has 260 valence electrons. The van der Waals surface area contributed by atoms with Crippen LogP contribution in [0.5, 0.6) is 11.5 Å². The van der Waals surface area contributed by atoms with Gasteiger partial charge in [0.2, 0.25) is 0 Å². The van der Waals surface area contributed by atoms with Crippen LogP contribution in [-0.4, -0.2) is 59.5 Å². The zero-order valence-electron chi connectivity index (χ0n) is 27.9. The molecule has 2 N–H and O–H groups in total. The first-order valence-corrected chi connectivity index (χ1v) is 15.5. The molecule has 0 aliphatic rings. The zero-order chi connectivity index (χ0) is 36.0. The molecule has 4 rings (SSSR count). The third-order valence-electron chi connectivity index (χ3n) is 6.18. The number of hydrogen-bond acceptors (Lipinski definition) is 11. The fourth-order valence-corrected chi connectivity index (χ4v) is 3.65. The largest absolute Gasteiger partial charge is 0.508 e. The van der Waals surface area contributed by atoms with Crippen LogP contribution in [0, 0.1) is 0 Å². The standard InChI is InChI=1S/C19H20O5.C14H12O3.C5H10O3/c1-3-22-18(20)14(2)24-17-11-9-16(10-12-17)19(21)23-13-15-7-5-4-6-8-15;15-13-8-6-12(7-9-13)14(16)17-10-11-4-2-1-3-5-11;1-3-8-5(7)4(2)6/h4-12,14H,3,13H2,1-2H3;1-9,15H,10H2;4,6H,3H2,1-2H3/t14-;;4-/m1.0/s1. The van der Waals surface area contributed by atoms with E-state index in [4.69, 9.17) is 29.2 Å². The topological polar surface area (TPSA) is 155 Å². The number of aliphatic hydroxyl groups excluding tert-OH is 1. The van der Waals surface area contributed by atoms with Gasteiger partial charge in [0, 0.05) is 0 Å². The van der Waals surface area contributed by atoms with Crippen molar-refractivity contribution in [3.05, 3.63) is 131 Å². The molecule has 0 amide bonds. The van der Waals surface area contributed by atoms with E-state index in [0.29, 0.717) is 30.1 Å². The Kier molecular flexibility index (Phi) is 17.7. The molecule has 49 heavy (non-hydrogen) atoms. The summed E-state index contributed by atoms with van der Waals surface area (Å²) in [7, 11) is 0. The van der Waals surface area contributed by atoms with E-state index in [1.807, 2.05) is 60.7 Å². The van der Waals surface area contributed by atoms with Crippen molar-refractivity contribution in [2.45, 2.75) is 53.1 Å². The summed E-state index contributed by atoms with van der Waals surface area (Å²) >= 11 is 0. The van der Waals surface area contributed by atoms with E-state index in [-0.39, 0.29) is 19.0 Å². The second-order valence-corrected chi connectivity index (χ2v) is 10.1. The molecule has 11 nitrogen and oxygen atoms in total. The molecule has 0 radical (unpaired) electrons. The van der Waals surface area contributed by atoms with Gasteiger partial charge in [-0.2, -0.15) is 0 Å². The van der Waals surface area contributed by atoms with Gasteiger partial charge in [-0.25, -0.2) is 19.2 Å². The van der Waals surface area contributed by atoms with Gasteiger partial charge in [0.1, 0.15) is 30.8 Å². The molecule has 2 atom stereocenters. The van der Waals surface area contributed by atoms with E-state index in [9.17, 15) is 19.2 Å². The van der Waals surface area contributed by atoms with Crippen molar-refractivity contribution in [1.82, 2.24) is 0 Å². The minimum Gasteiger partial charge on any atom is -0.508 e. The molecule has 11 heteroatoms. The Bertz CT molecular complexity index is 1550. The smallest absolute Gasteiger partial charge is 0.347 e. The lowest BCUT2D eigenvalue weighted by atomic mass is 10.2. The first kappa shape index (κ1) is 39.5. The van der Waals surface area contributed by atoms with Crippen LogP contribution in [0.3, 0.4) is 0 Å². The Balaban J connectivity index is 0.000000289. The lowest BCUT2D eigenvalue weighted by molar-refractivity contribution is -0.152. The summed E-state index contributed by atoms with van der Waals surface area (Å²) < 4.78 is 25.1. The Hall–Kier alpha value is -5.68. The summed E-state index contributed by atoms with van der Waals surface area (Å²) in [5, 5.41) is 17.6. The average molecular weight is 675 g/mol. The van der Waals surface area contributed by atoms with Crippen LogP contribution < -0.4 is 4.74 Å². The van der Waals surface area contributed by atoms with Crippen LogP contribution in [0.2, 0.25) is 0 Å². The Morgan fingerprint density at radius 3 is 1.37 bits per heavy atom. The molecule has 0 unspecified atom stereocenters. The average Bonchev–Trinajstić information content (AvgIpc) is 3.12. The predicted octanol–water partition coefficient (Wildman–Crippen LogP) is 6.05. The second-order valence-electron chi connectivity index (χ2n) is 10.1. The number of aromatic hydroxyl groups is 1. The number of ether oxygens (including phenoxy) is 5. The number of carbonyl (C=O) groups excluding carboxylic acids is 4. The molecule has 4 aromatic rings. The number of aliphatic hydroxyl groups is 1. The van der Waals surface area contributed by atoms with Gasteiger partial charge in [-0.3, -0.25) is 0 Å². The molecule has 0 bridgehead atoms. The molecule has 0 aliphatic carbocycles. The van der Waals surface area contributed by atoms with Crippen molar-refractivity contribution in [3.8, 4) is 11.5 Å². The number of rotatable bonds is 12. The monoisotopic (exact) mass is 674 g/mol. The summed E-state index contributed by atoms with van der Waals surface area (Å²) in [4.78, 5) is 45.4. The predicted molar refractivity (Wildman–Crippen MR) is 181 cm³/mol. The van der Waals surface area contributed by atoms with Crippen LogP contribution in [0.25, 0.3) is 0 Å². The highest BCUT2D eigenvalue weighted by molar-refractivity contribution is 5.90. The fourth-order valence-electron chi connectivity index (χ4n) is 3.65. The fraction of sp³-hybridized carbons (Fsp3) is 0.263. The van der Waals surface area contributed by atoms with E-state index in [1.165, 1.54) is 31.2 Å². The summed E-state index contributed by atoms with van der Waals surface area (Å²) in [5.74, 6) is -1.19. The Morgan fingerprint density at radius 1 is 0.571 bits per heavy atom. The van der Waals surface area contributed by atoms with Gasteiger partial charge in [0.15, 0.2) is 6.10 Å². The van der Waals surface area contributed by atoms with Crippen molar-refractivity contribution < 1.29 is 53.1 Å². The molecule has 0 fully saturated rings. The van der Waals surface area contributed by atoms with Crippen LogP contribution in [0.1, 0.15) is 59.5 Å². The second kappa shape index (κ2) is 22.0. The summed E-state index contributed by atoms with van der Waals surface area (Å²) in [6.07, 6.45) is -1.70. The first-order chi connectivity index (χ1) is 23.5. The zero-order valence-corrected chi connectivity index (χ0v) is 27.9. The maximum absolute atomic E-state index is 12.0. The number of phenols is 1. The quantitative estimate of drug-likeness (QED) is 0.133. The highest BCUT2D eigenvalue weighted by Crippen LogP contribution is 2.16. The van der Waals surface area contributed by atoms with Gasteiger partial charge in [-0.05, 0) is 87.4 Å². The lowest BCUT2D eigenvalue weighted by Crippen LogP contribution is -2.26. The third kappa shape index (κ3) is 15.6. The van der Waals surface area contributed by atoms with Crippen molar-refractivity contribution in [3.63, 3.8) is 0 Å². The van der Waals surface area contributed by atoms with Crippen molar-refractivity contribution in [1.29, 1.82) is 0 Å². The summed E-state index contributed by atoms with van der Waals surface area (Å²) in [6, 6.07) is 31.4. The number of phenolic OH excluding ortho intramolecular Hbond substituents is 1. The number of hydrogen-bond donors (Lipinski definition) is 2. The summed E-state index contributed by atoms with van der Waals surface area (Å²) in [6.45, 7) is 7.51. The van der Waals surface area contributed by atoms with Gasteiger partial charge < -0.3 is 33.9 Å². The molecular formula is C38H42O11. The van der Waals surface area contributed by atoms with Crippen molar-refractivity contribution >= 4 is 23.9 Å². The lowest BCUT2D eigenvalue weighted by Gasteiger charge is -2.13. The van der Waals surface area contributed by atoms with E-state index in [2.05, 4.69) is 4.74 Å². The van der Waals surface area contributed by atoms with Crippen molar-refractivity contribution in [2.75, 3.05) is 13.2 Å². The molecular weight excluding hydrogens is 632 g/mol. The van der Waals surface area contributed by atoms with Gasteiger partial charge in [-0.1, -0.05) is 60.7 Å². The Morgan fingerprint density at radius 2 is 0.980 bits per heavy atom. The van der Waals surface area contributed by atoms with E-state index in [0.717, 1.165) is 11.1 Å². The van der Waals surface area contributed by atoms with Gasteiger partial charge >= 0.3 is 23.9 Å². The summed E-state index contributed by atoms with van der Waals surface area (Å²) in [5.41, 5.74) is 2.72. The molecule has 0 spiro atoms. The van der Waals surface area contributed by atoms with Gasteiger partial charge in [-0.15, -0.1) is 0 Å². The maximum atomic E-state index is 12.0. The maximum Gasteiger partial charge on any atom is 0.347 e. The Labute approximate surface area is 286 Å². The number of esters is 4.